The highest BCUT2D eigenvalue weighted by Gasteiger charge is 2.40. The summed E-state index contributed by atoms with van der Waals surface area (Å²) in [6.45, 7) is 11.1. The number of nitrogens with two attached hydrogens (primary N) is 1. The van der Waals surface area contributed by atoms with Gasteiger partial charge in [-0.3, -0.25) is 9.80 Å². The van der Waals surface area contributed by atoms with Crippen molar-refractivity contribution in [1.29, 1.82) is 0 Å². The summed E-state index contributed by atoms with van der Waals surface area (Å²) in [5, 5.41) is 0. The molecule has 1 heterocycles. The zero-order chi connectivity index (χ0) is 12.9. The first-order valence-electron chi connectivity index (χ1n) is 7.21. The highest BCUT2D eigenvalue weighted by atomic mass is 15.3. The summed E-state index contributed by atoms with van der Waals surface area (Å²) in [6.07, 6.45) is 5.15. The van der Waals surface area contributed by atoms with Gasteiger partial charge in [-0.1, -0.05) is 19.8 Å². The number of hydrogen-bond acceptors (Lipinski definition) is 3. The molecule has 0 amide bonds. The Morgan fingerprint density at radius 3 is 2.53 bits per heavy atom. The van der Waals surface area contributed by atoms with E-state index >= 15 is 0 Å². The molecule has 0 radical (unpaired) electrons. The Hall–Kier alpha value is -0.120. The van der Waals surface area contributed by atoms with Crippen LogP contribution in [0.5, 0.6) is 0 Å². The minimum absolute atomic E-state index is 0.234. The molecular weight excluding hydrogens is 210 g/mol. The Kier molecular flexibility index (Phi) is 5.90. The van der Waals surface area contributed by atoms with E-state index in [9.17, 15) is 0 Å². The van der Waals surface area contributed by atoms with Crippen LogP contribution in [0.25, 0.3) is 0 Å². The van der Waals surface area contributed by atoms with E-state index in [1.54, 1.807) is 0 Å². The maximum atomic E-state index is 6.07. The molecule has 1 unspecified atom stereocenters. The Bertz CT molecular complexity index is 218. The lowest BCUT2D eigenvalue weighted by Crippen LogP contribution is -2.54. The number of hydrogen-bond donors (Lipinski definition) is 1. The minimum atomic E-state index is 0.234. The third-order valence-electron chi connectivity index (χ3n) is 4.38. The smallest absolute Gasteiger partial charge is 0.0467 e. The average molecular weight is 241 g/mol. The summed E-state index contributed by atoms with van der Waals surface area (Å²) >= 11 is 0. The van der Waals surface area contributed by atoms with Gasteiger partial charge in [-0.05, 0) is 40.3 Å². The second-order valence-corrected chi connectivity index (χ2v) is 5.87. The molecule has 0 aliphatic carbocycles. The summed E-state index contributed by atoms with van der Waals surface area (Å²) in [5.41, 5.74) is 6.30. The van der Waals surface area contributed by atoms with Crippen molar-refractivity contribution in [3.05, 3.63) is 0 Å². The molecule has 1 aliphatic heterocycles. The molecule has 0 saturated carbocycles. The Morgan fingerprint density at radius 2 is 2.06 bits per heavy atom. The Morgan fingerprint density at radius 1 is 1.35 bits per heavy atom. The molecule has 1 saturated heterocycles. The van der Waals surface area contributed by atoms with E-state index < -0.39 is 0 Å². The molecule has 3 heteroatoms. The van der Waals surface area contributed by atoms with Gasteiger partial charge >= 0.3 is 0 Å². The molecule has 17 heavy (non-hydrogen) atoms. The van der Waals surface area contributed by atoms with Crippen LogP contribution in [-0.4, -0.2) is 54.6 Å². The van der Waals surface area contributed by atoms with E-state index in [4.69, 9.17) is 5.73 Å². The van der Waals surface area contributed by atoms with Crippen LogP contribution in [0.15, 0.2) is 0 Å². The molecule has 0 aromatic rings. The number of rotatable bonds is 7. The van der Waals surface area contributed by atoms with Gasteiger partial charge in [0.15, 0.2) is 0 Å². The van der Waals surface area contributed by atoms with Gasteiger partial charge in [0.2, 0.25) is 0 Å². The SMILES string of the molecule is CCCCCN(C)C1(CN)CCN(C(C)C)C1. The molecule has 2 N–H and O–H groups in total. The van der Waals surface area contributed by atoms with E-state index in [2.05, 4.69) is 37.6 Å². The predicted molar refractivity (Wildman–Crippen MR) is 75.3 cm³/mol. The number of likely N-dealkylation sites (tertiary alicyclic amines) is 1. The molecule has 0 aromatic heterocycles. The fraction of sp³-hybridized carbons (Fsp3) is 1.00. The molecule has 0 spiro atoms. The van der Waals surface area contributed by atoms with Crippen LogP contribution in [0.3, 0.4) is 0 Å². The Labute approximate surface area is 107 Å². The lowest BCUT2D eigenvalue weighted by molar-refractivity contribution is 0.121. The van der Waals surface area contributed by atoms with Crippen LogP contribution in [-0.2, 0) is 0 Å². The van der Waals surface area contributed by atoms with Crippen molar-refractivity contribution < 1.29 is 0 Å². The quantitative estimate of drug-likeness (QED) is 0.691. The summed E-state index contributed by atoms with van der Waals surface area (Å²) in [4.78, 5) is 5.08. The highest BCUT2D eigenvalue weighted by molar-refractivity contribution is 4.99. The molecule has 1 aliphatic rings. The topological polar surface area (TPSA) is 32.5 Å². The van der Waals surface area contributed by atoms with Crippen LogP contribution >= 0.6 is 0 Å². The van der Waals surface area contributed by atoms with Crippen molar-refractivity contribution in [2.75, 3.05) is 33.2 Å². The summed E-state index contributed by atoms with van der Waals surface area (Å²) in [6, 6.07) is 0.646. The largest absolute Gasteiger partial charge is 0.329 e. The molecule has 1 atom stereocenters. The molecule has 102 valence electrons. The molecule has 0 bridgehead atoms. The van der Waals surface area contributed by atoms with Gasteiger partial charge in [-0.2, -0.15) is 0 Å². The van der Waals surface area contributed by atoms with E-state index in [1.165, 1.54) is 38.8 Å². The van der Waals surface area contributed by atoms with Crippen LogP contribution in [0.1, 0.15) is 46.5 Å². The third-order valence-corrected chi connectivity index (χ3v) is 4.38. The van der Waals surface area contributed by atoms with E-state index in [0.29, 0.717) is 6.04 Å². The predicted octanol–water partition coefficient (Wildman–Crippen LogP) is 1.92. The normalized spacial score (nSPS) is 26.3. The van der Waals surface area contributed by atoms with Crippen molar-refractivity contribution in [2.45, 2.75) is 58.0 Å². The first kappa shape index (κ1) is 14.9. The van der Waals surface area contributed by atoms with Gasteiger partial charge in [-0.15, -0.1) is 0 Å². The second kappa shape index (κ2) is 6.72. The lowest BCUT2D eigenvalue weighted by atomic mass is 9.96. The van der Waals surface area contributed by atoms with E-state index in [-0.39, 0.29) is 5.54 Å². The summed E-state index contributed by atoms with van der Waals surface area (Å²) < 4.78 is 0. The van der Waals surface area contributed by atoms with Gasteiger partial charge in [-0.25, -0.2) is 0 Å². The second-order valence-electron chi connectivity index (χ2n) is 5.87. The maximum Gasteiger partial charge on any atom is 0.0467 e. The minimum Gasteiger partial charge on any atom is -0.329 e. The first-order chi connectivity index (χ1) is 8.05. The molecule has 1 fully saturated rings. The zero-order valence-corrected chi connectivity index (χ0v) is 12.2. The van der Waals surface area contributed by atoms with Crippen molar-refractivity contribution in [2.24, 2.45) is 5.73 Å². The number of nitrogens with zero attached hydrogens (tertiary/aromatic N) is 2. The van der Waals surface area contributed by atoms with Gasteiger partial charge in [0.05, 0.1) is 0 Å². The molecular formula is C14H31N3. The number of likely N-dealkylation sites (N-methyl/N-ethyl adjacent to an activating group) is 1. The highest BCUT2D eigenvalue weighted by Crippen LogP contribution is 2.27. The van der Waals surface area contributed by atoms with Gasteiger partial charge in [0.25, 0.3) is 0 Å². The molecule has 3 nitrogen and oxygen atoms in total. The monoisotopic (exact) mass is 241 g/mol. The van der Waals surface area contributed by atoms with Gasteiger partial charge < -0.3 is 5.73 Å². The first-order valence-corrected chi connectivity index (χ1v) is 7.21. The van der Waals surface area contributed by atoms with Crippen LogP contribution in [0.2, 0.25) is 0 Å². The molecule has 0 aromatic carbocycles. The summed E-state index contributed by atoms with van der Waals surface area (Å²) in [7, 11) is 2.26. The van der Waals surface area contributed by atoms with Gasteiger partial charge in [0, 0.05) is 31.2 Å². The Balaban J connectivity index is 2.51. The van der Waals surface area contributed by atoms with E-state index in [1.807, 2.05) is 0 Å². The van der Waals surface area contributed by atoms with Crippen molar-refractivity contribution in [1.82, 2.24) is 9.80 Å². The number of unbranched alkanes of at least 4 members (excludes halogenated alkanes) is 2. The average Bonchev–Trinajstić information content (AvgIpc) is 2.75. The summed E-state index contributed by atoms with van der Waals surface area (Å²) in [5.74, 6) is 0. The zero-order valence-electron chi connectivity index (χ0n) is 12.2. The van der Waals surface area contributed by atoms with E-state index in [0.717, 1.165) is 13.1 Å². The van der Waals surface area contributed by atoms with Gasteiger partial charge in [0.1, 0.15) is 0 Å². The van der Waals surface area contributed by atoms with Crippen LogP contribution in [0.4, 0.5) is 0 Å². The lowest BCUT2D eigenvalue weighted by Gasteiger charge is -2.38. The van der Waals surface area contributed by atoms with Crippen molar-refractivity contribution in [3.63, 3.8) is 0 Å². The third kappa shape index (κ3) is 3.67. The molecule has 1 rings (SSSR count). The van der Waals surface area contributed by atoms with Crippen molar-refractivity contribution >= 4 is 0 Å². The fourth-order valence-electron chi connectivity index (χ4n) is 2.80. The van der Waals surface area contributed by atoms with Crippen molar-refractivity contribution in [3.8, 4) is 0 Å². The fourth-order valence-corrected chi connectivity index (χ4v) is 2.80. The van der Waals surface area contributed by atoms with Crippen LogP contribution < -0.4 is 5.73 Å². The maximum absolute atomic E-state index is 6.07. The standard InChI is InChI=1S/C14H31N3/c1-5-6-7-9-16(4)14(11-15)8-10-17(12-14)13(2)3/h13H,5-12,15H2,1-4H3. The van der Waals surface area contributed by atoms with Crippen LogP contribution in [0, 0.1) is 0 Å².